The Kier molecular flexibility index (Phi) is 4.29. The highest BCUT2D eigenvalue weighted by Gasteiger charge is 2.37. The van der Waals surface area contributed by atoms with Gasteiger partial charge >= 0.3 is 0 Å². The molecule has 116 valence electrons. The standard InChI is InChI=1S/C16H26N4O/c1-3-12-10-20(16(21)13-4-5-13)7-6-15(12)17-8-14-9-18-19-11(14)2/h9,12-13,15,17H,3-8,10H2,1-2H3,(H,18,19)/t12-,15-/m1/s1. The fraction of sp³-hybridized carbons (Fsp3) is 0.750. The van der Waals surface area contributed by atoms with Gasteiger partial charge in [0.1, 0.15) is 0 Å². The molecule has 0 aromatic carbocycles. The predicted molar refractivity (Wildman–Crippen MR) is 81.7 cm³/mol. The third kappa shape index (κ3) is 3.28. The number of rotatable bonds is 5. The molecule has 5 heteroatoms. The zero-order valence-electron chi connectivity index (χ0n) is 13.1. The smallest absolute Gasteiger partial charge is 0.225 e. The van der Waals surface area contributed by atoms with Crippen LogP contribution in [-0.2, 0) is 11.3 Å². The number of hydrogen-bond donors (Lipinski definition) is 2. The second kappa shape index (κ2) is 6.18. The predicted octanol–water partition coefficient (Wildman–Crippen LogP) is 1.84. The van der Waals surface area contributed by atoms with Gasteiger partial charge in [-0.15, -0.1) is 0 Å². The first-order chi connectivity index (χ1) is 10.2. The highest BCUT2D eigenvalue weighted by atomic mass is 16.2. The van der Waals surface area contributed by atoms with Crippen LogP contribution in [0, 0.1) is 18.8 Å². The highest BCUT2D eigenvalue weighted by molar-refractivity contribution is 5.81. The molecule has 2 N–H and O–H groups in total. The molecule has 1 aliphatic carbocycles. The summed E-state index contributed by atoms with van der Waals surface area (Å²) < 4.78 is 0. The van der Waals surface area contributed by atoms with Crippen molar-refractivity contribution < 1.29 is 4.79 Å². The number of H-pyrrole nitrogens is 1. The van der Waals surface area contributed by atoms with E-state index in [1.54, 1.807) is 0 Å². The maximum absolute atomic E-state index is 12.2. The lowest BCUT2D eigenvalue weighted by atomic mass is 9.89. The minimum Gasteiger partial charge on any atom is -0.342 e. The van der Waals surface area contributed by atoms with Crippen LogP contribution in [0.15, 0.2) is 6.20 Å². The number of carbonyl (C=O) groups excluding carboxylic acids is 1. The molecule has 2 heterocycles. The highest BCUT2D eigenvalue weighted by Crippen LogP contribution is 2.33. The van der Waals surface area contributed by atoms with E-state index in [-0.39, 0.29) is 0 Å². The molecule has 5 nitrogen and oxygen atoms in total. The maximum atomic E-state index is 12.2. The summed E-state index contributed by atoms with van der Waals surface area (Å²) in [6, 6.07) is 0.507. The summed E-state index contributed by atoms with van der Waals surface area (Å²) >= 11 is 0. The minimum absolute atomic E-state index is 0.348. The van der Waals surface area contributed by atoms with E-state index in [2.05, 4.69) is 34.3 Å². The molecule has 0 spiro atoms. The van der Waals surface area contributed by atoms with Crippen molar-refractivity contribution in [1.29, 1.82) is 0 Å². The topological polar surface area (TPSA) is 61.0 Å². The van der Waals surface area contributed by atoms with Crippen LogP contribution in [0.2, 0.25) is 0 Å². The summed E-state index contributed by atoms with van der Waals surface area (Å²) in [5.74, 6) is 1.31. The van der Waals surface area contributed by atoms with Gasteiger partial charge < -0.3 is 10.2 Å². The first-order valence-corrected chi connectivity index (χ1v) is 8.20. The van der Waals surface area contributed by atoms with Crippen molar-refractivity contribution in [3.63, 3.8) is 0 Å². The molecular formula is C16H26N4O. The summed E-state index contributed by atoms with van der Waals surface area (Å²) in [7, 11) is 0. The van der Waals surface area contributed by atoms with Crippen molar-refractivity contribution in [2.45, 2.75) is 52.1 Å². The largest absolute Gasteiger partial charge is 0.342 e. The van der Waals surface area contributed by atoms with Crippen LogP contribution in [0.4, 0.5) is 0 Å². The van der Waals surface area contributed by atoms with Crippen LogP contribution in [0.3, 0.4) is 0 Å². The zero-order valence-corrected chi connectivity index (χ0v) is 13.1. The van der Waals surface area contributed by atoms with Crippen molar-refractivity contribution in [2.24, 2.45) is 11.8 Å². The Bertz CT molecular complexity index is 494. The van der Waals surface area contributed by atoms with Gasteiger partial charge in [-0.3, -0.25) is 9.89 Å². The number of aromatic amines is 1. The molecule has 1 saturated carbocycles. The monoisotopic (exact) mass is 290 g/mol. The van der Waals surface area contributed by atoms with Gasteiger partial charge in [-0.1, -0.05) is 13.3 Å². The normalized spacial score (nSPS) is 26.1. The van der Waals surface area contributed by atoms with Crippen LogP contribution < -0.4 is 5.32 Å². The van der Waals surface area contributed by atoms with Crippen LogP contribution in [0.5, 0.6) is 0 Å². The van der Waals surface area contributed by atoms with Gasteiger partial charge in [0.05, 0.1) is 6.20 Å². The molecule has 0 unspecified atom stereocenters. The van der Waals surface area contributed by atoms with Gasteiger partial charge in [0, 0.05) is 42.9 Å². The SMILES string of the molecule is CC[C@@H]1CN(C(=O)C2CC2)CC[C@H]1NCc1cn[nH]c1C. The number of nitrogens with zero attached hydrogens (tertiary/aromatic N) is 2. The Morgan fingerprint density at radius 3 is 2.90 bits per heavy atom. The average Bonchev–Trinajstić information content (AvgIpc) is 3.27. The van der Waals surface area contributed by atoms with E-state index in [4.69, 9.17) is 0 Å². The second-order valence-electron chi connectivity index (χ2n) is 6.52. The number of amides is 1. The molecule has 1 saturated heterocycles. The molecular weight excluding hydrogens is 264 g/mol. The Morgan fingerprint density at radius 2 is 2.29 bits per heavy atom. The molecule has 1 aliphatic heterocycles. The summed E-state index contributed by atoms with van der Waals surface area (Å²) in [4.78, 5) is 14.3. The molecule has 1 amide bonds. The number of nitrogens with one attached hydrogen (secondary N) is 2. The first-order valence-electron chi connectivity index (χ1n) is 8.20. The van der Waals surface area contributed by atoms with Crippen molar-refractivity contribution in [1.82, 2.24) is 20.4 Å². The van der Waals surface area contributed by atoms with E-state index < -0.39 is 0 Å². The minimum atomic E-state index is 0.348. The maximum Gasteiger partial charge on any atom is 0.225 e. The van der Waals surface area contributed by atoms with E-state index in [1.165, 1.54) is 5.56 Å². The molecule has 2 aliphatic rings. The van der Waals surface area contributed by atoms with E-state index in [0.717, 1.165) is 51.0 Å². The van der Waals surface area contributed by atoms with Gasteiger partial charge in [-0.25, -0.2) is 0 Å². The second-order valence-corrected chi connectivity index (χ2v) is 6.52. The molecule has 1 aromatic heterocycles. The molecule has 1 aromatic rings. The Balaban J connectivity index is 1.54. The fourth-order valence-electron chi connectivity index (χ4n) is 3.30. The van der Waals surface area contributed by atoms with Crippen LogP contribution in [0.25, 0.3) is 0 Å². The lowest BCUT2D eigenvalue weighted by Gasteiger charge is -2.39. The molecule has 0 radical (unpaired) electrons. The van der Waals surface area contributed by atoms with Gasteiger partial charge in [0.25, 0.3) is 0 Å². The number of piperidine rings is 1. The first kappa shape index (κ1) is 14.6. The Labute approximate surface area is 126 Å². The Morgan fingerprint density at radius 1 is 1.48 bits per heavy atom. The van der Waals surface area contributed by atoms with E-state index in [9.17, 15) is 4.79 Å². The van der Waals surface area contributed by atoms with Crippen molar-refractivity contribution in [3.05, 3.63) is 17.5 Å². The lowest BCUT2D eigenvalue weighted by molar-refractivity contribution is -0.134. The van der Waals surface area contributed by atoms with Crippen LogP contribution in [0.1, 0.15) is 43.9 Å². The molecule has 0 bridgehead atoms. The summed E-state index contributed by atoms with van der Waals surface area (Å²) in [5, 5.41) is 10.7. The number of likely N-dealkylation sites (tertiary alicyclic amines) is 1. The number of carbonyl (C=O) groups is 1. The van der Waals surface area contributed by atoms with Crippen LogP contribution >= 0.6 is 0 Å². The van der Waals surface area contributed by atoms with Crippen molar-refractivity contribution >= 4 is 5.91 Å². The van der Waals surface area contributed by atoms with E-state index >= 15 is 0 Å². The van der Waals surface area contributed by atoms with Gasteiger partial charge in [-0.2, -0.15) is 5.10 Å². The number of aromatic nitrogens is 2. The summed E-state index contributed by atoms with van der Waals surface area (Å²) in [5.41, 5.74) is 2.37. The molecule has 21 heavy (non-hydrogen) atoms. The third-order valence-electron chi connectivity index (χ3n) is 4.99. The van der Waals surface area contributed by atoms with Gasteiger partial charge in [0.2, 0.25) is 5.91 Å². The average molecular weight is 290 g/mol. The summed E-state index contributed by atoms with van der Waals surface area (Å²) in [6.45, 7) is 6.98. The van der Waals surface area contributed by atoms with Crippen LogP contribution in [-0.4, -0.2) is 40.1 Å². The molecule has 2 atom stereocenters. The lowest BCUT2D eigenvalue weighted by Crippen LogP contribution is -2.51. The zero-order chi connectivity index (χ0) is 14.8. The Hall–Kier alpha value is -1.36. The van der Waals surface area contributed by atoms with E-state index in [0.29, 0.717) is 23.8 Å². The van der Waals surface area contributed by atoms with Gasteiger partial charge in [0.15, 0.2) is 0 Å². The molecule has 3 rings (SSSR count). The number of aryl methyl sites for hydroxylation is 1. The summed E-state index contributed by atoms with van der Waals surface area (Å²) in [6.07, 6.45) is 6.29. The van der Waals surface area contributed by atoms with Gasteiger partial charge in [-0.05, 0) is 32.1 Å². The number of hydrogen-bond acceptors (Lipinski definition) is 3. The van der Waals surface area contributed by atoms with Crippen molar-refractivity contribution in [3.8, 4) is 0 Å². The molecule has 2 fully saturated rings. The van der Waals surface area contributed by atoms with E-state index in [1.807, 2.05) is 6.20 Å². The van der Waals surface area contributed by atoms with Crippen molar-refractivity contribution in [2.75, 3.05) is 13.1 Å². The fourth-order valence-corrected chi connectivity index (χ4v) is 3.30. The third-order valence-corrected chi connectivity index (χ3v) is 4.99. The quantitative estimate of drug-likeness (QED) is 0.870.